The number of anilines is 1. The fourth-order valence-corrected chi connectivity index (χ4v) is 3.34. The molecule has 3 rings (SSSR count). The van der Waals surface area contributed by atoms with Crippen molar-refractivity contribution in [2.75, 3.05) is 32.6 Å². The smallest absolute Gasteiger partial charge is 0.319 e. The monoisotopic (exact) mass is 401 g/mol. The first-order valence-electron chi connectivity index (χ1n) is 9.28. The molecule has 0 radical (unpaired) electrons. The van der Waals surface area contributed by atoms with E-state index in [4.69, 9.17) is 9.47 Å². The molecule has 1 heterocycles. The first kappa shape index (κ1) is 20.4. The van der Waals surface area contributed by atoms with Crippen LogP contribution in [0.1, 0.15) is 12.0 Å². The molecule has 1 aliphatic rings. The van der Waals surface area contributed by atoms with Crippen LogP contribution in [0, 0.1) is 11.7 Å². The summed E-state index contributed by atoms with van der Waals surface area (Å²) in [5.41, 5.74) is 1.36. The van der Waals surface area contributed by atoms with Gasteiger partial charge in [0.05, 0.1) is 19.9 Å². The van der Waals surface area contributed by atoms with E-state index in [9.17, 15) is 14.0 Å². The molecule has 3 amide bonds. The van der Waals surface area contributed by atoms with E-state index < -0.39 is 0 Å². The highest BCUT2D eigenvalue weighted by Crippen LogP contribution is 2.34. The Balaban J connectivity index is 1.51. The average Bonchev–Trinajstić information content (AvgIpc) is 3.07. The summed E-state index contributed by atoms with van der Waals surface area (Å²) in [4.78, 5) is 26.2. The lowest BCUT2D eigenvalue weighted by Crippen LogP contribution is -2.34. The number of para-hydroxylation sites is 1. The summed E-state index contributed by atoms with van der Waals surface area (Å²) in [7, 11) is 3.03. The Morgan fingerprint density at radius 3 is 2.62 bits per heavy atom. The fraction of sp³-hybridized carbons (Fsp3) is 0.333. The van der Waals surface area contributed by atoms with E-state index in [1.807, 2.05) is 0 Å². The highest BCUT2D eigenvalue weighted by molar-refractivity contribution is 5.91. The Morgan fingerprint density at radius 1 is 1.17 bits per heavy atom. The van der Waals surface area contributed by atoms with Crippen molar-refractivity contribution < 1.29 is 23.5 Å². The number of ether oxygens (including phenoxy) is 2. The maximum atomic E-state index is 13.0. The van der Waals surface area contributed by atoms with Crippen LogP contribution in [0.3, 0.4) is 0 Å². The number of urea groups is 1. The molecule has 0 saturated carbocycles. The standard InChI is InChI=1S/C21H24FN3O4/c1-28-18-5-3-4-17(20(18)29-2)24-21(27)23-11-15-10-19(26)25(13-15)12-14-6-8-16(22)9-7-14/h3-9,15H,10-13H2,1-2H3,(H2,23,24,27). The van der Waals surface area contributed by atoms with E-state index in [2.05, 4.69) is 10.6 Å². The summed E-state index contributed by atoms with van der Waals surface area (Å²) in [6.45, 7) is 1.34. The number of carbonyl (C=O) groups excluding carboxylic acids is 2. The van der Waals surface area contributed by atoms with E-state index in [-0.39, 0.29) is 23.7 Å². The van der Waals surface area contributed by atoms with Gasteiger partial charge in [-0.25, -0.2) is 9.18 Å². The molecule has 0 spiro atoms. The lowest BCUT2D eigenvalue weighted by Gasteiger charge is -2.17. The fourth-order valence-electron chi connectivity index (χ4n) is 3.34. The molecule has 7 nitrogen and oxygen atoms in total. The van der Waals surface area contributed by atoms with E-state index in [0.717, 1.165) is 5.56 Å². The summed E-state index contributed by atoms with van der Waals surface area (Å²) in [5.74, 6) is 0.689. The molecule has 29 heavy (non-hydrogen) atoms. The molecule has 1 atom stereocenters. The molecule has 1 fully saturated rings. The Kier molecular flexibility index (Phi) is 6.54. The molecule has 1 unspecified atom stereocenters. The zero-order chi connectivity index (χ0) is 20.8. The maximum absolute atomic E-state index is 13.0. The zero-order valence-electron chi connectivity index (χ0n) is 16.4. The highest BCUT2D eigenvalue weighted by Gasteiger charge is 2.29. The minimum absolute atomic E-state index is 0.0147. The van der Waals surface area contributed by atoms with Crippen molar-refractivity contribution in [1.82, 2.24) is 10.2 Å². The minimum atomic E-state index is -0.388. The number of hydrogen-bond acceptors (Lipinski definition) is 4. The Hall–Kier alpha value is -3.29. The van der Waals surface area contributed by atoms with Gasteiger partial charge in [-0.2, -0.15) is 0 Å². The van der Waals surface area contributed by atoms with E-state index in [1.165, 1.54) is 26.4 Å². The van der Waals surface area contributed by atoms with Gasteiger partial charge in [0.25, 0.3) is 0 Å². The number of methoxy groups -OCH3 is 2. The number of rotatable bonds is 7. The lowest BCUT2D eigenvalue weighted by atomic mass is 10.1. The predicted molar refractivity (Wildman–Crippen MR) is 106 cm³/mol. The van der Waals surface area contributed by atoms with Crippen LogP contribution in [0.15, 0.2) is 42.5 Å². The SMILES string of the molecule is COc1cccc(NC(=O)NCC2CC(=O)N(Cc3ccc(F)cc3)C2)c1OC. The van der Waals surface area contributed by atoms with Crippen molar-refractivity contribution >= 4 is 17.6 Å². The first-order valence-corrected chi connectivity index (χ1v) is 9.28. The Morgan fingerprint density at radius 2 is 1.93 bits per heavy atom. The largest absolute Gasteiger partial charge is 0.493 e. The third-order valence-electron chi connectivity index (χ3n) is 4.78. The first-order chi connectivity index (χ1) is 14.0. The van der Waals surface area contributed by atoms with Crippen LogP contribution < -0.4 is 20.1 Å². The van der Waals surface area contributed by atoms with Gasteiger partial charge >= 0.3 is 6.03 Å². The topological polar surface area (TPSA) is 79.9 Å². The molecule has 2 aromatic carbocycles. The summed E-state index contributed by atoms with van der Waals surface area (Å²) >= 11 is 0. The van der Waals surface area contributed by atoms with Gasteiger partial charge in [-0.1, -0.05) is 18.2 Å². The summed E-state index contributed by atoms with van der Waals surface area (Å²) in [5, 5.41) is 5.54. The van der Waals surface area contributed by atoms with Crippen LogP contribution in [0.25, 0.3) is 0 Å². The average molecular weight is 401 g/mol. The Labute approximate surface area is 168 Å². The second-order valence-corrected chi connectivity index (χ2v) is 6.85. The summed E-state index contributed by atoms with van der Waals surface area (Å²) in [6.07, 6.45) is 0.365. The third kappa shape index (κ3) is 5.16. The van der Waals surface area contributed by atoms with Crippen molar-refractivity contribution in [2.24, 2.45) is 5.92 Å². The molecular weight excluding hydrogens is 377 g/mol. The van der Waals surface area contributed by atoms with E-state index >= 15 is 0 Å². The molecule has 1 aliphatic heterocycles. The van der Waals surface area contributed by atoms with Crippen molar-refractivity contribution in [3.63, 3.8) is 0 Å². The van der Waals surface area contributed by atoms with Crippen LogP contribution in [0.4, 0.5) is 14.9 Å². The van der Waals surface area contributed by atoms with Gasteiger partial charge < -0.3 is 25.0 Å². The normalized spacial score (nSPS) is 15.9. The molecular formula is C21H24FN3O4. The highest BCUT2D eigenvalue weighted by atomic mass is 19.1. The van der Waals surface area contributed by atoms with Crippen LogP contribution in [0.5, 0.6) is 11.5 Å². The number of nitrogens with zero attached hydrogens (tertiary/aromatic N) is 1. The zero-order valence-corrected chi connectivity index (χ0v) is 16.4. The molecule has 0 aliphatic carbocycles. The quantitative estimate of drug-likeness (QED) is 0.748. The molecule has 154 valence electrons. The number of amides is 3. The predicted octanol–water partition coefficient (Wildman–Crippen LogP) is 3.01. The van der Waals surface area contributed by atoms with Crippen LogP contribution >= 0.6 is 0 Å². The third-order valence-corrected chi connectivity index (χ3v) is 4.78. The number of benzene rings is 2. The van der Waals surface area contributed by atoms with Crippen molar-refractivity contribution in [3.8, 4) is 11.5 Å². The van der Waals surface area contributed by atoms with Gasteiger partial charge in [0.1, 0.15) is 5.82 Å². The lowest BCUT2D eigenvalue weighted by molar-refractivity contribution is -0.128. The number of halogens is 1. The number of carbonyl (C=O) groups is 2. The van der Waals surface area contributed by atoms with Gasteiger partial charge in [-0.05, 0) is 29.8 Å². The van der Waals surface area contributed by atoms with Crippen LogP contribution in [-0.2, 0) is 11.3 Å². The van der Waals surface area contributed by atoms with Gasteiger partial charge in [0.15, 0.2) is 11.5 Å². The Bertz CT molecular complexity index is 873. The van der Waals surface area contributed by atoms with Gasteiger partial charge in [0.2, 0.25) is 5.91 Å². The second-order valence-electron chi connectivity index (χ2n) is 6.85. The number of likely N-dealkylation sites (tertiary alicyclic amines) is 1. The molecule has 1 saturated heterocycles. The van der Waals surface area contributed by atoms with Gasteiger partial charge in [-0.15, -0.1) is 0 Å². The summed E-state index contributed by atoms with van der Waals surface area (Å²) < 4.78 is 23.5. The van der Waals surface area contributed by atoms with E-state index in [0.29, 0.717) is 43.2 Å². The van der Waals surface area contributed by atoms with Crippen molar-refractivity contribution in [3.05, 3.63) is 53.8 Å². The van der Waals surface area contributed by atoms with Crippen molar-refractivity contribution in [2.45, 2.75) is 13.0 Å². The van der Waals surface area contributed by atoms with Crippen LogP contribution in [0.2, 0.25) is 0 Å². The molecule has 2 aromatic rings. The van der Waals surface area contributed by atoms with Gasteiger partial charge in [0, 0.05) is 32.0 Å². The number of hydrogen-bond donors (Lipinski definition) is 2. The summed E-state index contributed by atoms with van der Waals surface area (Å²) in [6, 6.07) is 10.9. The minimum Gasteiger partial charge on any atom is -0.493 e. The molecule has 8 heteroatoms. The second kappa shape index (κ2) is 9.27. The molecule has 0 bridgehead atoms. The van der Waals surface area contributed by atoms with Crippen LogP contribution in [-0.4, -0.2) is 44.1 Å². The molecule has 2 N–H and O–H groups in total. The maximum Gasteiger partial charge on any atom is 0.319 e. The molecule has 0 aromatic heterocycles. The van der Waals surface area contributed by atoms with Gasteiger partial charge in [-0.3, -0.25) is 4.79 Å². The number of nitrogens with one attached hydrogen (secondary N) is 2. The van der Waals surface area contributed by atoms with E-state index in [1.54, 1.807) is 35.2 Å². The van der Waals surface area contributed by atoms with Crippen molar-refractivity contribution in [1.29, 1.82) is 0 Å².